The first-order valence-electron chi connectivity index (χ1n) is 6.92. The molecule has 1 saturated carbocycles. The topological polar surface area (TPSA) is 55.1 Å². The fraction of sp³-hybridized carbons (Fsp3) is 0.533. The number of amides is 1. The van der Waals surface area contributed by atoms with Gasteiger partial charge in [-0.2, -0.15) is 13.2 Å². The molecule has 0 saturated heterocycles. The Morgan fingerprint density at radius 2 is 1.90 bits per heavy atom. The van der Waals surface area contributed by atoms with Crippen LogP contribution in [0.3, 0.4) is 0 Å². The van der Waals surface area contributed by atoms with E-state index in [1.807, 2.05) is 30.3 Å². The van der Waals surface area contributed by atoms with E-state index in [9.17, 15) is 18.0 Å². The lowest BCUT2D eigenvalue weighted by Crippen LogP contribution is -2.46. The molecule has 1 aromatic carbocycles. The van der Waals surface area contributed by atoms with Crippen molar-refractivity contribution in [2.45, 2.75) is 44.4 Å². The molecule has 0 aliphatic heterocycles. The van der Waals surface area contributed by atoms with E-state index in [2.05, 4.69) is 5.32 Å². The zero-order chi connectivity index (χ0) is 15.7. The van der Waals surface area contributed by atoms with Crippen molar-refractivity contribution in [2.24, 2.45) is 11.1 Å². The first-order chi connectivity index (χ1) is 9.75. The molecule has 116 valence electrons. The first-order valence-corrected chi connectivity index (χ1v) is 6.92. The molecule has 2 rings (SSSR count). The van der Waals surface area contributed by atoms with Crippen molar-refractivity contribution in [3.63, 3.8) is 0 Å². The number of primary amides is 1. The van der Waals surface area contributed by atoms with E-state index in [0.717, 1.165) is 5.56 Å². The number of carbonyl (C=O) groups excluding carboxylic acids is 1. The molecule has 0 radical (unpaired) electrons. The van der Waals surface area contributed by atoms with Crippen LogP contribution in [0.25, 0.3) is 0 Å². The van der Waals surface area contributed by atoms with Gasteiger partial charge in [0, 0.05) is 6.04 Å². The van der Waals surface area contributed by atoms with Gasteiger partial charge in [-0.05, 0) is 31.7 Å². The minimum absolute atomic E-state index is 0.0711. The van der Waals surface area contributed by atoms with Gasteiger partial charge in [0.2, 0.25) is 5.91 Å². The van der Waals surface area contributed by atoms with Crippen LogP contribution in [0, 0.1) is 5.41 Å². The number of rotatable bonds is 6. The Kier molecular flexibility index (Phi) is 4.27. The molecule has 6 heteroatoms. The van der Waals surface area contributed by atoms with Crippen molar-refractivity contribution in [1.29, 1.82) is 0 Å². The van der Waals surface area contributed by atoms with Gasteiger partial charge in [0.05, 0.1) is 11.5 Å². The fourth-order valence-electron chi connectivity index (χ4n) is 2.53. The summed E-state index contributed by atoms with van der Waals surface area (Å²) in [4.78, 5) is 11.5. The van der Waals surface area contributed by atoms with Crippen LogP contribution in [0.15, 0.2) is 30.3 Å². The summed E-state index contributed by atoms with van der Waals surface area (Å²) in [6.45, 7) is 1.80. The summed E-state index contributed by atoms with van der Waals surface area (Å²) in [7, 11) is 0. The standard InChI is InChI=1S/C15H19F3N2O/c1-10(11-5-3-2-4-6-11)20-12(13(19)21)9-14(7-8-14)15(16,17)18/h2-6,10,12,20H,7-9H2,1H3,(H2,19,21)/t10-,12?/m1/s1. The maximum atomic E-state index is 13.0. The average Bonchev–Trinajstić information content (AvgIpc) is 3.19. The third-order valence-corrected chi connectivity index (χ3v) is 4.14. The van der Waals surface area contributed by atoms with Crippen LogP contribution >= 0.6 is 0 Å². The summed E-state index contributed by atoms with van der Waals surface area (Å²) < 4.78 is 39.0. The summed E-state index contributed by atoms with van der Waals surface area (Å²) in [5.41, 5.74) is 4.44. The molecule has 1 amide bonds. The van der Waals surface area contributed by atoms with E-state index in [-0.39, 0.29) is 25.3 Å². The van der Waals surface area contributed by atoms with Gasteiger partial charge in [-0.1, -0.05) is 30.3 Å². The quantitative estimate of drug-likeness (QED) is 0.848. The maximum absolute atomic E-state index is 13.0. The minimum atomic E-state index is -4.28. The molecule has 21 heavy (non-hydrogen) atoms. The Balaban J connectivity index is 2.06. The molecule has 0 spiro atoms. The number of carbonyl (C=O) groups is 1. The smallest absolute Gasteiger partial charge is 0.368 e. The normalized spacial score (nSPS) is 19.8. The van der Waals surface area contributed by atoms with Crippen molar-refractivity contribution < 1.29 is 18.0 Å². The van der Waals surface area contributed by atoms with E-state index >= 15 is 0 Å². The van der Waals surface area contributed by atoms with Crippen LogP contribution in [0.5, 0.6) is 0 Å². The summed E-state index contributed by atoms with van der Waals surface area (Å²) >= 11 is 0. The van der Waals surface area contributed by atoms with Gasteiger partial charge in [0.1, 0.15) is 0 Å². The van der Waals surface area contributed by atoms with Crippen LogP contribution in [0.1, 0.15) is 37.8 Å². The van der Waals surface area contributed by atoms with Crippen LogP contribution < -0.4 is 11.1 Å². The predicted molar refractivity (Wildman–Crippen MR) is 73.3 cm³/mol. The van der Waals surface area contributed by atoms with Crippen molar-refractivity contribution in [3.05, 3.63) is 35.9 Å². The molecule has 3 N–H and O–H groups in total. The number of hydrogen-bond acceptors (Lipinski definition) is 2. The molecular formula is C15H19F3N2O. The highest BCUT2D eigenvalue weighted by atomic mass is 19.4. The second kappa shape index (κ2) is 5.67. The molecule has 3 nitrogen and oxygen atoms in total. The highest BCUT2D eigenvalue weighted by Crippen LogP contribution is 2.60. The van der Waals surface area contributed by atoms with Crippen LogP contribution in [-0.2, 0) is 4.79 Å². The Labute approximate surface area is 121 Å². The van der Waals surface area contributed by atoms with Crippen LogP contribution in [0.4, 0.5) is 13.2 Å². The Morgan fingerprint density at radius 3 is 2.33 bits per heavy atom. The monoisotopic (exact) mass is 300 g/mol. The highest BCUT2D eigenvalue weighted by molar-refractivity contribution is 5.80. The van der Waals surface area contributed by atoms with Gasteiger partial charge >= 0.3 is 6.18 Å². The number of nitrogens with one attached hydrogen (secondary N) is 1. The molecule has 0 aromatic heterocycles. The van der Waals surface area contributed by atoms with Crippen molar-refractivity contribution >= 4 is 5.91 Å². The van der Waals surface area contributed by atoms with Gasteiger partial charge in [0.15, 0.2) is 0 Å². The largest absolute Gasteiger partial charge is 0.394 e. The lowest BCUT2D eigenvalue weighted by atomic mass is 9.94. The molecule has 1 unspecified atom stereocenters. The number of nitrogens with two attached hydrogens (primary N) is 1. The minimum Gasteiger partial charge on any atom is -0.368 e. The van der Waals surface area contributed by atoms with E-state index in [1.165, 1.54) is 0 Å². The zero-order valence-corrected chi connectivity index (χ0v) is 11.8. The van der Waals surface area contributed by atoms with Gasteiger partial charge < -0.3 is 5.73 Å². The molecule has 0 heterocycles. The molecule has 1 aromatic rings. The number of benzene rings is 1. The number of halogens is 3. The molecule has 1 aliphatic carbocycles. The maximum Gasteiger partial charge on any atom is 0.394 e. The van der Waals surface area contributed by atoms with Gasteiger partial charge in [-0.15, -0.1) is 0 Å². The Bertz CT molecular complexity index is 497. The summed E-state index contributed by atoms with van der Waals surface area (Å²) in [5, 5.41) is 2.93. The second-order valence-electron chi connectivity index (χ2n) is 5.74. The van der Waals surface area contributed by atoms with Crippen molar-refractivity contribution in [1.82, 2.24) is 5.32 Å². The van der Waals surface area contributed by atoms with Gasteiger partial charge in [0.25, 0.3) is 0 Å². The van der Waals surface area contributed by atoms with E-state index < -0.39 is 23.5 Å². The van der Waals surface area contributed by atoms with Crippen LogP contribution in [-0.4, -0.2) is 18.1 Å². The first kappa shape index (κ1) is 15.8. The molecule has 1 fully saturated rings. The predicted octanol–water partition coefficient (Wildman–Crippen LogP) is 2.92. The zero-order valence-electron chi connectivity index (χ0n) is 11.8. The fourth-order valence-corrected chi connectivity index (χ4v) is 2.53. The number of hydrogen-bond donors (Lipinski definition) is 2. The Hall–Kier alpha value is -1.56. The summed E-state index contributed by atoms with van der Waals surface area (Å²) in [6, 6.07) is 8.01. The SMILES string of the molecule is C[C@@H](NC(CC1(C(F)(F)F)CC1)C(N)=O)c1ccccc1. The average molecular weight is 300 g/mol. The number of alkyl halides is 3. The van der Waals surface area contributed by atoms with E-state index in [0.29, 0.717) is 0 Å². The van der Waals surface area contributed by atoms with Crippen molar-refractivity contribution in [3.8, 4) is 0 Å². The molecular weight excluding hydrogens is 281 g/mol. The highest BCUT2D eigenvalue weighted by Gasteiger charge is 2.63. The third kappa shape index (κ3) is 3.56. The Morgan fingerprint density at radius 1 is 1.33 bits per heavy atom. The summed E-state index contributed by atoms with van der Waals surface area (Å²) in [5.74, 6) is -0.742. The molecule has 1 aliphatic rings. The molecule has 2 atom stereocenters. The van der Waals surface area contributed by atoms with E-state index in [4.69, 9.17) is 5.73 Å². The molecule has 0 bridgehead atoms. The second-order valence-corrected chi connectivity index (χ2v) is 5.74. The van der Waals surface area contributed by atoms with Gasteiger partial charge in [-0.3, -0.25) is 10.1 Å². The van der Waals surface area contributed by atoms with E-state index in [1.54, 1.807) is 6.92 Å². The lowest BCUT2D eigenvalue weighted by molar-refractivity contribution is -0.190. The van der Waals surface area contributed by atoms with Crippen molar-refractivity contribution in [2.75, 3.05) is 0 Å². The van der Waals surface area contributed by atoms with Crippen LogP contribution in [0.2, 0.25) is 0 Å². The van der Waals surface area contributed by atoms with Gasteiger partial charge in [-0.25, -0.2) is 0 Å². The lowest BCUT2D eigenvalue weighted by Gasteiger charge is -2.26. The third-order valence-electron chi connectivity index (χ3n) is 4.14. The summed E-state index contributed by atoms with van der Waals surface area (Å²) in [6.07, 6.45) is -4.43.